The highest BCUT2D eigenvalue weighted by Gasteiger charge is 2.18. The number of benzene rings is 1. The van der Waals surface area contributed by atoms with Gasteiger partial charge in [0.1, 0.15) is 0 Å². The van der Waals surface area contributed by atoms with E-state index in [2.05, 4.69) is 0 Å². The van der Waals surface area contributed by atoms with Gasteiger partial charge >= 0.3 is 0 Å². The highest BCUT2D eigenvalue weighted by Crippen LogP contribution is 2.29. The van der Waals surface area contributed by atoms with E-state index in [0.29, 0.717) is 5.56 Å². The summed E-state index contributed by atoms with van der Waals surface area (Å²) in [7, 11) is 0. The first-order chi connectivity index (χ1) is 8.73. The molecule has 0 saturated carbocycles. The van der Waals surface area contributed by atoms with Crippen LogP contribution >= 0.6 is 0 Å². The standard InChI is InChI=1S/C13H20/c1-10(2)11-8-6-7-9-12(11)13(3,4)5/h6-10H,1-5H3/i1D3,2D3,10D. The maximum atomic E-state index is 8.26. The van der Waals surface area contributed by atoms with E-state index < -0.39 is 25.0 Å². The van der Waals surface area contributed by atoms with Gasteiger partial charge in [-0.15, -0.1) is 0 Å². The summed E-state index contributed by atoms with van der Waals surface area (Å²) >= 11 is 0. The molecule has 0 aliphatic carbocycles. The summed E-state index contributed by atoms with van der Waals surface area (Å²) in [6.07, 6.45) is 0. The van der Waals surface area contributed by atoms with E-state index >= 15 is 0 Å². The van der Waals surface area contributed by atoms with Gasteiger partial charge in [-0.25, -0.2) is 0 Å². The molecule has 0 N–H and O–H groups in total. The Labute approximate surface area is 91.8 Å². The molecule has 0 heteroatoms. The van der Waals surface area contributed by atoms with Gasteiger partial charge in [0.2, 0.25) is 0 Å². The predicted octanol–water partition coefficient (Wildman–Crippen LogP) is 4.11. The highest BCUT2D eigenvalue weighted by atomic mass is 14.2. The molecule has 0 aliphatic rings. The molecular formula is C13H20. The van der Waals surface area contributed by atoms with Crippen LogP contribution in [0.25, 0.3) is 0 Å². The van der Waals surface area contributed by atoms with Crippen molar-refractivity contribution in [1.29, 1.82) is 0 Å². The van der Waals surface area contributed by atoms with Crippen LogP contribution in [0.1, 0.15) is 61.1 Å². The van der Waals surface area contributed by atoms with E-state index in [0.717, 1.165) is 0 Å². The molecule has 0 aromatic heterocycles. The number of hydrogen-bond acceptors (Lipinski definition) is 0. The smallest absolute Gasteiger partial charge is 0.0347 e. The third kappa shape index (κ3) is 2.33. The van der Waals surface area contributed by atoms with Gasteiger partial charge < -0.3 is 0 Å². The average molecular weight is 183 g/mol. The van der Waals surface area contributed by atoms with Crippen molar-refractivity contribution in [2.24, 2.45) is 0 Å². The van der Waals surface area contributed by atoms with Gasteiger partial charge in [-0.2, -0.15) is 0 Å². The predicted molar refractivity (Wildman–Crippen MR) is 59.2 cm³/mol. The first kappa shape index (κ1) is 4.16. The highest BCUT2D eigenvalue weighted by molar-refractivity contribution is 5.34. The molecule has 1 aromatic carbocycles. The van der Waals surface area contributed by atoms with Gasteiger partial charge in [-0.05, 0) is 22.4 Å². The first-order valence-electron chi connectivity index (χ1n) is 7.83. The molecule has 0 saturated heterocycles. The van der Waals surface area contributed by atoms with Crippen molar-refractivity contribution in [2.75, 3.05) is 0 Å². The first-order valence-corrected chi connectivity index (χ1v) is 4.33. The molecule has 0 bridgehead atoms. The van der Waals surface area contributed by atoms with Crippen molar-refractivity contribution in [3.8, 4) is 0 Å². The molecule has 0 unspecified atom stereocenters. The van der Waals surface area contributed by atoms with Crippen LogP contribution in [-0.2, 0) is 5.41 Å². The summed E-state index contributed by atoms with van der Waals surface area (Å²) in [6, 6.07) is 6.43. The minimum absolute atomic E-state index is 0.0486. The van der Waals surface area contributed by atoms with Gasteiger partial charge in [0.05, 0.1) is 0 Å². The fraction of sp³-hybridized carbons (Fsp3) is 0.538. The second-order valence-corrected chi connectivity index (χ2v) is 4.17. The molecule has 0 aliphatic heterocycles. The summed E-state index contributed by atoms with van der Waals surface area (Å²) in [4.78, 5) is 0. The fourth-order valence-electron chi connectivity index (χ4n) is 1.36. The summed E-state index contributed by atoms with van der Waals surface area (Å²) in [5.41, 5.74) is 0.175. The zero-order valence-corrected chi connectivity index (χ0v) is 8.31. The Morgan fingerprint density at radius 3 is 2.38 bits per heavy atom. The van der Waals surface area contributed by atoms with E-state index in [9.17, 15) is 0 Å². The molecule has 0 nitrogen and oxygen atoms in total. The maximum Gasteiger partial charge on any atom is 0.0347 e. The Bertz CT molecular complexity index is 463. The second kappa shape index (κ2) is 3.53. The van der Waals surface area contributed by atoms with Gasteiger partial charge in [0, 0.05) is 9.60 Å². The summed E-state index contributed by atoms with van der Waals surface area (Å²) in [5.74, 6) is -2.64. The lowest BCUT2D eigenvalue weighted by Crippen LogP contribution is -2.14. The molecule has 0 heterocycles. The Morgan fingerprint density at radius 2 is 1.85 bits per heavy atom. The van der Waals surface area contributed by atoms with Gasteiger partial charge in [-0.3, -0.25) is 0 Å². The normalized spacial score (nSPS) is 22.8. The molecule has 1 rings (SSSR count). The van der Waals surface area contributed by atoms with Gasteiger partial charge in [0.15, 0.2) is 0 Å². The molecule has 0 spiro atoms. The van der Waals surface area contributed by atoms with Crippen LogP contribution in [0.2, 0.25) is 0 Å². The topological polar surface area (TPSA) is 0 Å². The number of hydrogen-bond donors (Lipinski definition) is 0. The summed E-state index contributed by atoms with van der Waals surface area (Å²) in [5, 5.41) is 0. The lowest BCUT2D eigenvalue weighted by atomic mass is 9.81. The summed E-state index contributed by atoms with van der Waals surface area (Å²) in [6.45, 7) is -0.291. The van der Waals surface area contributed by atoms with E-state index in [1.54, 1.807) is 18.2 Å². The molecule has 0 atom stereocenters. The van der Waals surface area contributed by atoms with Crippen LogP contribution in [0.3, 0.4) is 0 Å². The third-order valence-corrected chi connectivity index (χ3v) is 2.00. The minimum atomic E-state index is -2.94. The van der Waals surface area contributed by atoms with Gasteiger partial charge in [0.25, 0.3) is 0 Å². The quantitative estimate of drug-likeness (QED) is 0.614. The van der Waals surface area contributed by atoms with Crippen LogP contribution in [0.4, 0.5) is 0 Å². The van der Waals surface area contributed by atoms with Crippen LogP contribution in [0.15, 0.2) is 24.3 Å². The lowest BCUT2D eigenvalue weighted by molar-refractivity contribution is 0.577. The molecule has 72 valence electrons. The van der Waals surface area contributed by atoms with Gasteiger partial charge in [-0.1, -0.05) is 58.7 Å². The molecule has 0 amide bonds. The molecule has 13 heavy (non-hydrogen) atoms. The minimum Gasteiger partial charge on any atom is -0.0620 e. The van der Waals surface area contributed by atoms with Crippen molar-refractivity contribution in [2.45, 2.75) is 45.8 Å². The summed E-state index contributed by atoms with van der Waals surface area (Å²) < 4.78 is 53.7. The van der Waals surface area contributed by atoms with Crippen molar-refractivity contribution < 1.29 is 9.60 Å². The lowest BCUT2D eigenvalue weighted by Gasteiger charge is -2.24. The average Bonchev–Trinajstić information content (AvgIpc) is 2.23. The Kier molecular flexibility index (Phi) is 1.13. The molecule has 0 fully saturated rings. The number of rotatable bonds is 1. The zero-order chi connectivity index (χ0) is 16.0. The molecule has 1 aromatic rings. The van der Waals surface area contributed by atoms with E-state index in [1.165, 1.54) is 6.07 Å². The molecule has 0 radical (unpaired) electrons. The van der Waals surface area contributed by atoms with Crippen molar-refractivity contribution in [3.05, 3.63) is 35.4 Å². The monoisotopic (exact) mass is 183 g/mol. The Morgan fingerprint density at radius 1 is 1.23 bits per heavy atom. The van der Waals surface area contributed by atoms with Crippen LogP contribution in [-0.4, -0.2) is 0 Å². The Balaban J connectivity index is 3.70. The van der Waals surface area contributed by atoms with Crippen LogP contribution < -0.4 is 0 Å². The second-order valence-electron chi connectivity index (χ2n) is 4.17. The van der Waals surface area contributed by atoms with Crippen molar-refractivity contribution in [3.63, 3.8) is 0 Å². The van der Waals surface area contributed by atoms with E-state index in [1.807, 2.05) is 20.8 Å². The van der Waals surface area contributed by atoms with Crippen LogP contribution in [0.5, 0.6) is 0 Å². The Hall–Kier alpha value is -0.780. The van der Waals surface area contributed by atoms with Crippen molar-refractivity contribution >= 4 is 0 Å². The fourth-order valence-corrected chi connectivity index (χ4v) is 1.36. The maximum absolute atomic E-state index is 8.26. The SMILES string of the molecule is [2H]C([2H])([2H])C([2H])(c1ccccc1C(C)(C)C)C([2H])([2H])[2H]. The largest absolute Gasteiger partial charge is 0.0620 e. The van der Waals surface area contributed by atoms with E-state index in [4.69, 9.17) is 9.60 Å². The van der Waals surface area contributed by atoms with Crippen molar-refractivity contribution in [1.82, 2.24) is 0 Å². The third-order valence-electron chi connectivity index (χ3n) is 2.00. The zero-order valence-electron chi connectivity index (χ0n) is 15.3. The van der Waals surface area contributed by atoms with E-state index in [-0.39, 0.29) is 5.56 Å². The van der Waals surface area contributed by atoms with Crippen LogP contribution in [0, 0.1) is 0 Å². The molecular weight excluding hydrogens is 156 g/mol.